The molecule has 2 atom stereocenters. The van der Waals surface area contributed by atoms with Gasteiger partial charge in [-0.1, -0.05) is 48.0 Å². The molecule has 1 heterocycles. The Bertz CT molecular complexity index is 876. The molecule has 2 unspecified atom stereocenters. The quantitative estimate of drug-likeness (QED) is 0.647. The van der Waals surface area contributed by atoms with Crippen molar-refractivity contribution < 1.29 is 14.3 Å². The van der Waals surface area contributed by atoms with Crippen LogP contribution in [0.2, 0.25) is 0 Å². The van der Waals surface area contributed by atoms with E-state index in [0.29, 0.717) is 6.54 Å². The number of hydrogen-bond donors (Lipinski definition) is 2. The Kier molecular flexibility index (Phi) is 8.06. The highest BCUT2D eigenvalue weighted by molar-refractivity contribution is 5.79. The smallest absolute Gasteiger partial charge is 0.222 e. The van der Waals surface area contributed by atoms with Gasteiger partial charge < -0.3 is 15.4 Å². The van der Waals surface area contributed by atoms with Crippen LogP contribution in [0, 0.1) is 6.92 Å². The summed E-state index contributed by atoms with van der Waals surface area (Å²) in [5, 5.41) is 6.02. The Hall–Kier alpha value is -2.86. The van der Waals surface area contributed by atoms with Gasteiger partial charge in [-0.25, -0.2) is 0 Å². The van der Waals surface area contributed by atoms with E-state index in [4.69, 9.17) is 4.74 Å². The first-order chi connectivity index (χ1) is 15.0. The lowest BCUT2D eigenvalue weighted by Gasteiger charge is -2.29. The molecule has 31 heavy (non-hydrogen) atoms. The Balaban J connectivity index is 1.70. The molecular formula is C25H33N3O3. The Morgan fingerprint density at radius 2 is 1.74 bits per heavy atom. The van der Waals surface area contributed by atoms with E-state index in [2.05, 4.69) is 21.6 Å². The lowest BCUT2D eigenvalue weighted by molar-refractivity contribution is -0.123. The zero-order valence-corrected chi connectivity index (χ0v) is 18.7. The summed E-state index contributed by atoms with van der Waals surface area (Å²) < 4.78 is 5.58. The van der Waals surface area contributed by atoms with Crippen molar-refractivity contribution in [3.05, 3.63) is 65.2 Å². The predicted octanol–water partition coefficient (Wildman–Crippen LogP) is 3.52. The van der Waals surface area contributed by atoms with Crippen LogP contribution in [0.25, 0.3) is 0 Å². The number of hydrogen-bond acceptors (Lipinski definition) is 4. The minimum Gasteiger partial charge on any atom is -0.496 e. The Morgan fingerprint density at radius 1 is 1.06 bits per heavy atom. The van der Waals surface area contributed by atoms with Crippen molar-refractivity contribution in [1.82, 2.24) is 15.5 Å². The van der Waals surface area contributed by atoms with Crippen molar-refractivity contribution in [3.8, 4) is 5.75 Å². The van der Waals surface area contributed by atoms with Crippen molar-refractivity contribution in [3.63, 3.8) is 0 Å². The van der Waals surface area contributed by atoms with Crippen LogP contribution in [-0.4, -0.2) is 43.5 Å². The van der Waals surface area contributed by atoms with Crippen LogP contribution in [-0.2, 0) is 9.59 Å². The van der Waals surface area contributed by atoms with Crippen LogP contribution in [0.3, 0.4) is 0 Å². The van der Waals surface area contributed by atoms with Gasteiger partial charge in [0.15, 0.2) is 0 Å². The van der Waals surface area contributed by atoms with Gasteiger partial charge >= 0.3 is 0 Å². The maximum atomic E-state index is 12.9. The summed E-state index contributed by atoms with van der Waals surface area (Å²) in [7, 11) is 1.68. The lowest BCUT2D eigenvalue weighted by atomic mass is 10.0. The van der Waals surface area contributed by atoms with E-state index in [1.54, 1.807) is 7.11 Å². The van der Waals surface area contributed by atoms with Crippen LogP contribution in [0.1, 0.15) is 55.0 Å². The summed E-state index contributed by atoms with van der Waals surface area (Å²) in [5.41, 5.74) is 3.15. The fourth-order valence-corrected chi connectivity index (χ4v) is 4.20. The van der Waals surface area contributed by atoms with Crippen LogP contribution >= 0.6 is 0 Å². The summed E-state index contributed by atoms with van der Waals surface area (Å²) >= 11 is 0. The normalized spacial score (nSPS) is 15.8. The number of amides is 2. The Labute approximate surface area is 185 Å². The maximum Gasteiger partial charge on any atom is 0.222 e. The average molecular weight is 424 g/mol. The second kappa shape index (κ2) is 11.0. The van der Waals surface area contributed by atoms with E-state index in [9.17, 15) is 9.59 Å². The van der Waals surface area contributed by atoms with E-state index < -0.39 is 0 Å². The predicted molar refractivity (Wildman–Crippen MR) is 122 cm³/mol. The third-order valence-corrected chi connectivity index (χ3v) is 5.82. The third kappa shape index (κ3) is 6.31. The maximum absolute atomic E-state index is 12.9. The molecule has 2 aromatic carbocycles. The fraction of sp³-hybridized carbons (Fsp3) is 0.440. The number of carbonyl (C=O) groups is 2. The minimum atomic E-state index is -0.352. The number of methoxy groups -OCH3 is 1. The second-order valence-corrected chi connectivity index (χ2v) is 8.17. The molecule has 3 rings (SSSR count). The van der Waals surface area contributed by atoms with Crippen molar-refractivity contribution in [1.29, 1.82) is 0 Å². The van der Waals surface area contributed by atoms with E-state index in [-0.39, 0.29) is 30.3 Å². The average Bonchev–Trinajstić information content (AvgIpc) is 3.28. The van der Waals surface area contributed by atoms with Gasteiger partial charge in [-0.2, -0.15) is 0 Å². The van der Waals surface area contributed by atoms with Gasteiger partial charge in [-0.15, -0.1) is 0 Å². The molecule has 0 aromatic heterocycles. The molecule has 1 aliphatic rings. The van der Waals surface area contributed by atoms with E-state index in [0.717, 1.165) is 48.4 Å². The number of benzene rings is 2. The largest absolute Gasteiger partial charge is 0.496 e. The van der Waals surface area contributed by atoms with Gasteiger partial charge in [0.25, 0.3) is 0 Å². The minimum absolute atomic E-state index is 0.0567. The molecule has 2 aromatic rings. The highest BCUT2D eigenvalue weighted by atomic mass is 16.5. The SMILES string of the molecule is COc1ccccc1C(CNC(=O)CC(NC(C)=O)c1ccc(C)cc1)N1CCCC1. The molecule has 6 nitrogen and oxygen atoms in total. The van der Waals surface area contributed by atoms with Crippen molar-refractivity contribution in [2.24, 2.45) is 0 Å². The molecular weight excluding hydrogens is 390 g/mol. The number of para-hydroxylation sites is 1. The van der Waals surface area contributed by atoms with Crippen molar-refractivity contribution in [2.75, 3.05) is 26.7 Å². The van der Waals surface area contributed by atoms with Gasteiger partial charge in [0.1, 0.15) is 5.75 Å². The van der Waals surface area contributed by atoms with E-state index >= 15 is 0 Å². The molecule has 166 valence electrons. The Morgan fingerprint density at radius 3 is 2.39 bits per heavy atom. The van der Waals surface area contributed by atoms with Crippen LogP contribution in [0.15, 0.2) is 48.5 Å². The number of carbonyl (C=O) groups excluding carboxylic acids is 2. The topological polar surface area (TPSA) is 70.7 Å². The van der Waals surface area contributed by atoms with Gasteiger partial charge in [-0.05, 0) is 44.5 Å². The first kappa shape index (κ1) is 22.8. The van der Waals surface area contributed by atoms with Crippen molar-refractivity contribution >= 4 is 11.8 Å². The zero-order chi connectivity index (χ0) is 22.2. The molecule has 0 spiro atoms. The fourth-order valence-electron chi connectivity index (χ4n) is 4.20. The highest BCUT2D eigenvalue weighted by Crippen LogP contribution is 2.31. The van der Waals surface area contributed by atoms with Gasteiger partial charge in [-0.3, -0.25) is 14.5 Å². The summed E-state index contributed by atoms with van der Waals surface area (Å²) in [5.74, 6) is 0.602. The van der Waals surface area contributed by atoms with Gasteiger partial charge in [0, 0.05) is 19.0 Å². The third-order valence-electron chi connectivity index (χ3n) is 5.82. The summed E-state index contributed by atoms with van der Waals surface area (Å²) in [6.45, 7) is 6.01. The number of rotatable bonds is 9. The molecule has 1 saturated heterocycles. The number of nitrogens with zero attached hydrogens (tertiary/aromatic N) is 1. The number of nitrogens with one attached hydrogen (secondary N) is 2. The standard InChI is InChI=1S/C25H33N3O3/c1-18-10-12-20(13-11-18)22(27-19(2)29)16-25(30)26-17-23(28-14-6-7-15-28)21-8-4-5-9-24(21)31-3/h4-5,8-13,22-23H,6-7,14-17H2,1-3H3,(H,26,30)(H,27,29). The highest BCUT2D eigenvalue weighted by Gasteiger charge is 2.27. The molecule has 6 heteroatoms. The molecule has 1 fully saturated rings. The molecule has 1 aliphatic heterocycles. The second-order valence-electron chi connectivity index (χ2n) is 8.17. The van der Waals surface area contributed by atoms with E-state index in [1.807, 2.05) is 49.4 Å². The first-order valence-corrected chi connectivity index (χ1v) is 10.9. The summed E-state index contributed by atoms with van der Waals surface area (Å²) in [4.78, 5) is 27.0. The van der Waals surface area contributed by atoms with Crippen molar-refractivity contribution in [2.45, 2.75) is 45.2 Å². The van der Waals surface area contributed by atoms with Gasteiger partial charge in [0.05, 0.1) is 25.6 Å². The number of likely N-dealkylation sites (tertiary alicyclic amines) is 1. The molecule has 0 radical (unpaired) electrons. The summed E-state index contributed by atoms with van der Waals surface area (Å²) in [6.07, 6.45) is 2.52. The van der Waals surface area contributed by atoms with Crippen LogP contribution < -0.4 is 15.4 Å². The lowest BCUT2D eigenvalue weighted by Crippen LogP contribution is -2.38. The first-order valence-electron chi connectivity index (χ1n) is 10.9. The molecule has 2 amide bonds. The summed E-state index contributed by atoms with van der Waals surface area (Å²) in [6, 6.07) is 15.6. The number of aryl methyl sites for hydroxylation is 1. The molecule has 0 aliphatic carbocycles. The van der Waals surface area contributed by atoms with Crippen LogP contribution in [0.4, 0.5) is 0 Å². The molecule has 2 N–H and O–H groups in total. The molecule has 0 saturated carbocycles. The van der Waals surface area contributed by atoms with Crippen LogP contribution in [0.5, 0.6) is 5.75 Å². The van der Waals surface area contributed by atoms with Gasteiger partial charge in [0.2, 0.25) is 11.8 Å². The molecule has 0 bridgehead atoms. The number of ether oxygens (including phenoxy) is 1. The van der Waals surface area contributed by atoms with E-state index in [1.165, 1.54) is 6.92 Å². The zero-order valence-electron chi connectivity index (χ0n) is 18.7. The monoisotopic (exact) mass is 423 g/mol.